The van der Waals surface area contributed by atoms with Gasteiger partial charge in [-0.1, -0.05) is 0 Å². The summed E-state index contributed by atoms with van der Waals surface area (Å²) in [6.07, 6.45) is 0. The van der Waals surface area contributed by atoms with Crippen LogP contribution in [-0.2, 0) is 19.4 Å². The molecule has 2 N–H and O–H groups in total. The van der Waals surface area contributed by atoms with Gasteiger partial charge in [-0.25, -0.2) is 8.42 Å². The molecule has 1 aliphatic heterocycles. The molecular formula is C10H16ClNO5S2. The van der Waals surface area contributed by atoms with Gasteiger partial charge in [-0.15, -0.1) is 23.4 Å². The second-order valence-electron chi connectivity index (χ2n) is 4.87. The van der Waals surface area contributed by atoms with E-state index in [2.05, 4.69) is 5.32 Å². The second kappa shape index (κ2) is 5.88. The van der Waals surface area contributed by atoms with Crippen molar-refractivity contribution >= 4 is 45.1 Å². The van der Waals surface area contributed by atoms with Gasteiger partial charge >= 0.3 is 5.97 Å². The number of aliphatic carboxylic acids is 1. The van der Waals surface area contributed by atoms with Crippen molar-refractivity contribution in [3.8, 4) is 0 Å². The lowest BCUT2D eigenvalue weighted by molar-refractivity contribution is -0.138. The smallest absolute Gasteiger partial charge is 0.319 e. The van der Waals surface area contributed by atoms with Gasteiger partial charge in [0.15, 0.2) is 9.84 Å². The lowest BCUT2D eigenvalue weighted by Gasteiger charge is -2.19. The molecule has 1 fully saturated rings. The summed E-state index contributed by atoms with van der Waals surface area (Å²) in [4.78, 5) is 22.5. The molecule has 0 aromatic rings. The SMILES string of the molecule is CC(C)(SCC(=O)NC1CS(=O)(=O)CC1Cl)C(=O)O. The molecule has 110 valence electrons. The number of thioether (sulfide) groups is 1. The van der Waals surface area contributed by atoms with Crippen molar-refractivity contribution in [3.05, 3.63) is 0 Å². The van der Waals surface area contributed by atoms with Gasteiger partial charge in [-0.2, -0.15) is 0 Å². The number of carboxylic acids is 1. The highest BCUT2D eigenvalue weighted by Gasteiger charge is 2.37. The van der Waals surface area contributed by atoms with Crippen molar-refractivity contribution < 1.29 is 23.1 Å². The zero-order valence-electron chi connectivity index (χ0n) is 10.6. The average Bonchev–Trinajstić information content (AvgIpc) is 2.49. The largest absolute Gasteiger partial charge is 0.480 e. The molecule has 1 heterocycles. The number of hydrogen-bond donors (Lipinski definition) is 2. The first kappa shape index (κ1) is 16.6. The number of hydrogen-bond acceptors (Lipinski definition) is 5. The van der Waals surface area contributed by atoms with Gasteiger partial charge in [0.25, 0.3) is 0 Å². The third-order valence-corrected chi connectivity index (χ3v) is 6.39. The van der Waals surface area contributed by atoms with E-state index in [1.165, 1.54) is 13.8 Å². The van der Waals surface area contributed by atoms with Crippen LogP contribution in [0.2, 0.25) is 0 Å². The maximum atomic E-state index is 11.6. The summed E-state index contributed by atoms with van der Waals surface area (Å²) in [5.74, 6) is -1.79. The zero-order chi connectivity index (χ0) is 14.8. The summed E-state index contributed by atoms with van der Waals surface area (Å²) in [7, 11) is -3.19. The first-order valence-corrected chi connectivity index (χ1v) is 8.79. The Hall–Kier alpha value is -0.470. The van der Waals surface area contributed by atoms with Crippen LogP contribution in [0.25, 0.3) is 0 Å². The fourth-order valence-electron chi connectivity index (χ4n) is 1.49. The van der Waals surface area contributed by atoms with Gasteiger partial charge in [0.2, 0.25) is 5.91 Å². The van der Waals surface area contributed by atoms with Crippen molar-refractivity contribution in [2.75, 3.05) is 17.3 Å². The van der Waals surface area contributed by atoms with Crippen LogP contribution >= 0.6 is 23.4 Å². The number of sulfone groups is 1. The van der Waals surface area contributed by atoms with E-state index in [0.29, 0.717) is 0 Å². The molecule has 1 saturated heterocycles. The number of carbonyl (C=O) groups excluding carboxylic acids is 1. The molecule has 0 saturated carbocycles. The molecule has 0 aromatic heterocycles. The number of amides is 1. The number of halogens is 1. The van der Waals surface area contributed by atoms with E-state index < -0.39 is 37.9 Å². The number of alkyl halides is 1. The van der Waals surface area contributed by atoms with Crippen LogP contribution in [0.5, 0.6) is 0 Å². The number of carboxylic acid groups (broad SMARTS) is 1. The van der Waals surface area contributed by atoms with Crippen molar-refractivity contribution in [2.45, 2.75) is 30.0 Å². The molecule has 0 spiro atoms. The van der Waals surface area contributed by atoms with Crippen LogP contribution in [0.3, 0.4) is 0 Å². The lowest BCUT2D eigenvalue weighted by Crippen LogP contribution is -2.42. The summed E-state index contributed by atoms with van der Waals surface area (Å²) < 4.78 is 21.6. The monoisotopic (exact) mass is 329 g/mol. The third kappa shape index (κ3) is 4.85. The van der Waals surface area contributed by atoms with Crippen molar-refractivity contribution in [1.29, 1.82) is 0 Å². The molecule has 0 aliphatic carbocycles. The molecule has 0 aromatic carbocycles. The summed E-state index contributed by atoms with van der Waals surface area (Å²) in [6, 6.07) is -0.604. The van der Waals surface area contributed by atoms with Crippen molar-refractivity contribution in [2.24, 2.45) is 0 Å². The molecule has 0 radical (unpaired) electrons. The van der Waals surface area contributed by atoms with Crippen LogP contribution in [0.4, 0.5) is 0 Å². The Bertz CT molecular complexity index is 476. The molecule has 9 heteroatoms. The van der Waals surface area contributed by atoms with Gasteiger partial charge in [-0.05, 0) is 13.8 Å². The van der Waals surface area contributed by atoms with Crippen molar-refractivity contribution in [3.63, 3.8) is 0 Å². The van der Waals surface area contributed by atoms with Crippen LogP contribution in [0.1, 0.15) is 13.8 Å². The van der Waals surface area contributed by atoms with Crippen LogP contribution < -0.4 is 5.32 Å². The Labute approximate surface area is 121 Å². The average molecular weight is 330 g/mol. The van der Waals surface area contributed by atoms with Crippen LogP contribution in [0.15, 0.2) is 0 Å². The zero-order valence-corrected chi connectivity index (χ0v) is 12.9. The minimum Gasteiger partial charge on any atom is -0.480 e. The quantitative estimate of drug-likeness (QED) is 0.694. The third-order valence-electron chi connectivity index (χ3n) is 2.71. The van der Waals surface area contributed by atoms with Gasteiger partial charge in [0.1, 0.15) is 4.75 Å². The van der Waals surface area contributed by atoms with E-state index in [-0.39, 0.29) is 17.3 Å². The molecule has 2 unspecified atom stereocenters. The Morgan fingerprint density at radius 1 is 1.42 bits per heavy atom. The van der Waals surface area contributed by atoms with Crippen molar-refractivity contribution in [1.82, 2.24) is 5.32 Å². The van der Waals surface area contributed by atoms with E-state index in [9.17, 15) is 18.0 Å². The molecule has 2 atom stereocenters. The maximum Gasteiger partial charge on any atom is 0.319 e. The Kier molecular flexibility index (Phi) is 5.14. The normalized spacial score (nSPS) is 26.1. The summed E-state index contributed by atoms with van der Waals surface area (Å²) >= 11 is 6.83. The van der Waals surface area contributed by atoms with Crippen LogP contribution in [-0.4, -0.2) is 58.8 Å². The second-order valence-corrected chi connectivity index (χ2v) is 9.18. The van der Waals surface area contributed by atoms with E-state index in [0.717, 1.165) is 11.8 Å². The Morgan fingerprint density at radius 2 is 2.00 bits per heavy atom. The van der Waals surface area contributed by atoms with Gasteiger partial charge in [0.05, 0.1) is 28.7 Å². The minimum atomic E-state index is -3.19. The predicted molar refractivity (Wildman–Crippen MR) is 74.4 cm³/mol. The first-order chi connectivity index (χ1) is 8.53. The summed E-state index contributed by atoms with van der Waals surface area (Å²) in [6.45, 7) is 3.00. The highest BCUT2D eigenvalue weighted by Crippen LogP contribution is 2.24. The molecule has 6 nitrogen and oxygen atoms in total. The predicted octanol–water partition coefficient (Wildman–Crippen LogP) is 0.103. The van der Waals surface area contributed by atoms with Gasteiger partial charge in [0, 0.05) is 0 Å². The minimum absolute atomic E-state index is 0.0561. The first-order valence-electron chi connectivity index (χ1n) is 5.55. The Morgan fingerprint density at radius 3 is 2.42 bits per heavy atom. The highest BCUT2D eigenvalue weighted by molar-refractivity contribution is 8.02. The molecule has 1 amide bonds. The number of carbonyl (C=O) groups is 2. The summed E-state index contributed by atoms with van der Waals surface area (Å²) in [5, 5.41) is 10.8. The lowest BCUT2D eigenvalue weighted by atomic mass is 10.2. The topological polar surface area (TPSA) is 101 Å². The van der Waals surface area contributed by atoms with E-state index in [1.807, 2.05) is 0 Å². The number of rotatable bonds is 5. The number of nitrogens with one attached hydrogen (secondary N) is 1. The van der Waals surface area contributed by atoms with E-state index >= 15 is 0 Å². The van der Waals surface area contributed by atoms with Crippen LogP contribution in [0, 0.1) is 0 Å². The standard InChI is InChI=1S/C10H16ClNO5S2/c1-10(2,9(14)15)18-3-8(13)12-7-5-19(16,17)4-6(7)11/h6-7H,3-5H2,1-2H3,(H,12,13)(H,14,15). The summed E-state index contributed by atoms with van der Waals surface area (Å²) in [5.41, 5.74) is 0. The van der Waals surface area contributed by atoms with E-state index in [4.69, 9.17) is 16.7 Å². The van der Waals surface area contributed by atoms with Gasteiger partial charge < -0.3 is 10.4 Å². The van der Waals surface area contributed by atoms with E-state index in [1.54, 1.807) is 0 Å². The molecular weight excluding hydrogens is 314 g/mol. The Balaban J connectivity index is 2.47. The maximum absolute atomic E-state index is 11.6. The fourth-order valence-corrected chi connectivity index (χ4v) is 4.74. The highest BCUT2D eigenvalue weighted by atomic mass is 35.5. The molecule has 0 bridgehead atoms. The van der Waals surface area contributed by atoms with Gasteiger partial charge in [-0.3, -0.25) is 9.59 Å². The molecule has 1 aliphatic rings. The molecule has 19 heavy (non-hydrogen) atoms. The fraction of sp³-hybridized carbons (Fsp3) is 0.800. The molecule has 1 rings (SSSR count).